The van der Waals surface area contributed by atoms with Gasteiger partial charge in [0.2, 0.25) is 0 Å². The van der Waals surface area contributed by atoms with Gasteiger partial charge >= 0.3 is 5.97 Å². The van der Waals surface area contributed by atoms with Crippen LogP contribution in [0, 0.1) is 5.41 Å². The van der Waals surface area contributed by atoms with Crippen LogP contribution in [0.2, 0.25) is 0 Å². The standard InChI is InChI=1S/C25H32O4/c1-4-18(2)23(14-24(27)28-3)20-7-9-22(10-8-20)29-17-19-6-5-12-25(15-19)13-11-21(26)16-25/h4,7-10,15,23H,5-6,11-14,16-17H2,1-3H3/t23-,25+/m1/s1. The van der Waals surface area contributed by atoms with Crippen molar-refractivity contribution >= 4 is 11.8 Å². The van der Waals surface area contributed by atoms with Crippen LogP contribution in [-0.2, 0) is 14.3 Å². The molecule has 0 aromatic heterocycles. The van der Waals surface area contributed by atoms with Crippen LogP contribution in [0.1, 0.15) is 70.3 Å². The zero-order chi connectivity index (χ0) is 20.9. The molecular weight excluding hydrogens is 364 g/mol. The van der Waals surface area contributed by atoms with E-state index in [0.29, 0.717) is 25.2 Å². The van der Waals surface area contributed by atoms with Crippen LogP contribution in [0.3, 0.4) is 0 Å². The number of ketones is 1. The van der Waals surface area contributed by atoms with E-state index in [1.807, 2.05) is 44.2 Å². The van der Waals surface area contributed by atoms with E-state index >= 15 is 0 Å². The van der Waals surface area contributed by atoms with Gasteiger partial charge in [-0.15, -0.1) is 0 Å². The third-order valence-corrected chi connectivity index (χ3v) is 6.44. The molecule has 1 saturated carbocycles. The van der Waals surface area contributed by atoms with E-state index < -0.39 is 0 Å². The van der Waals surface area contributed by atoms with E-state index in [9.17, 15) is 9.59 Å². The highest BCUT2D eigenvalue weighted by atomic mass is 16.5. The molecule has 1 fully saturated rings. The molecule has 0 unspecified atom stereocenters. The van der Waals surface area contributed by atoms with Gasteiger partial charge in [-0.25, -0.2) is 0 Å². The molecule has 0 heterocycles. The van der Waals surface area contributed by atoms with Crippen LogP contribution in [-0.4, -0.2) is 25.5 Å². The lowest BCUT2D eigenvalue weighted by Gasteiger charge is -2.30. The highest BCUT2D eigenvalue weighted by molar-refractivity contribution is 5.82. The van der Waals surface area contributed by atoms with Gasteiger partial charge in [-0.3, -0.25) is 9.59 Å². The molecule has 2 atom stereocenters. The number of esters is 1. The number of Topliss-reactive ketones (excluding diaryl/α,β-unsaturated/α-hetero) is 1. The lowest BCUT2D eigenvalue weighted by Crippen LogP contribution is -2.20. The van der Waals surface area contributed by atoms with Crippen molar-refractivity contribution < 1.29 is 19.1 Å². The number of carbonyl (C=O) groups excluding carboxylic acids is 2. The predicted molar refractivity (Wildman–Crippen MR) is 114 cm³/mol. The first kappa shape index (κ1) is 21.4. The van der Waals surface area contributed by atoms with Crippen LogP contribution in [0.5, 0.6) is 5.75 Å². The number of methoxy groups -OCH3 is 1. The molecule has 0 aliphatic heterocycles. The topological polar surface area (TPSA) is 52.6 Å². The third-order valence-electron chi connectivity index (χ3n) is 6.44. The molecule has 29 heavy (non-hydrogen) atoms. The summed E-state index contributed by atoms with van der Waals surface area (Å²) in [7, 11) is 1.42. The summed E-state index contributed by atoms with van der Waals surface area (Å²) >= 11 is 0. The summed E-state index contributed by atoms with van der Waals surface area (Å²) < 4.78 is 10.9. The maximum absolute atomic E-state index is 11.8. The molecule has 0 saturated heterocycles. The Morgan fingerprint density at radius 2 is 1.97 bits per heavy atom. The second-order valence-corrected chi connectivity index (χ2v) is 8.46. The minimum absolute atomic E-state index is 0.0160. The summed E-state index contributed by atoms with van der Waals surface area (Å²) in [4.78, 5) is 23.5. The molecule has 2 aliphatic carbocycles. The van der Waals surface area contributed by atoms with Gasteiger partial charge in [0, 0.05) is 18.8 Å². The van der Waals surface area contributed by atoms with E-state index in [4.69, 9.17) is 9.47 Å². The van der Waals surface area contributed by atoms with Gasteiger partial charge in [-0.2, -0.15) is 0 Å². The van der Waals surface area contributed by atoms with E-state index in [1.54, 1.807) is 0 Å². The van der Waals surface area contributed by atoms with E-state index in [1.165, 1.54) is 12.7 Å². The summed E-state index contributed by atoms with van der Waals surface area (Å²) in [6.07, 6.45) is 10.4. The molecule has 0 N–H and O–H groups in total. The second kappa shape index (κ2) is 9.43. The normalized spacial score (nSPS) is 23.1. The monoisotopic (exact) mass is 396 g/mol. The van der Waals surface area contributed by atoms with Gasteiger partial charge in [0.1, 0.15) is 18.1 Å². The quantitative estimate of drug-likeness (QED) is 0.449. The highest BCUT2D eigenvalue weighted by Gasteiger charge is 2.38. The Hall–Kier alpha value is -2.36. The van der Waals surface area contributed by atoms with Crippen molar-refractivity contribution in [3.8, 4) is 5.75 Å². The maximum Gasteiger partial charge on any atom is 0.306 e. The summed E-state index contributed by atoms with van der Waals surface area (Å²) in [6, 6.07) is 8.01. The fraction of sp³-hybridized carbons (Fsp3) is 0.520. The fourth-order valence-electron chi connectivity index (χ4n) is 4.62. The Kier molecular flexibility index (Phi) is 6.94. The predicted octanol–water partition coefficient (Wildman–Crippen LogP) is 5.53. The number of hydrogen-bond acceptors (Lipinski definition) is 4. The van der Waals surface area contributed by atoms with Crippen molar-refractivity contribution in [2.45, 2.75) is 64.7 Å². The molecule has 1 spiro atoms. The minimum Gasteiger partial charge on any atom is -0.489 e. The first-order chi connectivity index (χ1) is 13.9. The number of rotatable bonds is 7. The molecule has 2 aliphatic rings. The summed E-state index contributed by atoms with van der Waals surface area (Å²) in [5, 5.41) is 0. The Bertz CT molecular complexity index is 803. The summed E-state index contributed by atoms with van der Waals surface area (Å²) in [6.45, 7) is 4.60. The van der Waals surface area contributed by atoms with Crippen LogP contribution in [0.15, 0.2) is 47.6 Å². The second-order valence-electron chi connectivity index (χ2n) is 8.46. The average Bonchev–Trinajstić information content (AvgIpc) is 3.09. The third kappa shape index (κ3) is 5.37. The largest absolute Gasteiger partial charge is 0.489 e. The number of hydrogen-bond donors (Lipinski definition) is 0. The zero-order valence-electron chi connectivity index (χ0n) is 17.8. The lowest BCUT2D eigenvalue weighted by atomic mass is 9.75. The number of ether oxygens (including phenoxy) is 2. The van der Waals surface area contributed by atoms with Gasteiger partial charge in [-0.05, 0) is 68.2 Å². The van der Waals surface area contributed by atoms with E-state index in [-0.39, 0.29) is 17.3 Å². The molecule has 4 heteroatoms. The van der Waals surface area contributed by atoms with E-state index in [2.05, 4.69) is 6.08 Å². The zero-order valence-corrected chi connectivity index (χ0v) is 17.8. The minimum atomic E-state index is -0.208. The molecule has 1 aromatic carbocycles. The molecule has 1 aromatic rings. The van der Waals surface area contributed by atoms with Gasteiger partial charge in [0.15, 0.2) is 0 Å². The Morgan fingerprint density at radius 3 is 2.59 bits per heavy atom. The maximum atomic E-state index is 11.8. The first-order valence-corrected chi connectivity index (χ1v) is 10.6. The van der Waals surface area contributed by atoms with Crippen LogP contribution in [0.25, 0.3) is 0 Å². The number of benzene rings is 1. The molecule has 4 nitrogen and oxygen atoms in total. The summed E-state index contributed by atoms with van der Waals surface area (Å²) in [5.41, 5.74) is 3.64. The van der Waals surface area contributed by atoms with Crippen LogP contribution >= 0.6 is 0 Å². The smallest absolute Gasteiger partial charge is 0.306 e. The molecular formula is C25H32O4. The highest BCUT2D eigenvalue weighted by Crippen LogP contribution is 2.45. The molecule has 0 amide bonds. The van der Waals surface area contributed by atoms with Crippen molar-refractivity contribution in [2.75, 3.05) is 13.7 Å². The van der Waals surface area contributed by atoms with Gasteiger partial charge in [0.05, 0.1) is 13.5 Å². The van der Waals surface area contributed by atoms with Crippen LogP contribution in [0.4, 0.5) is 0 Å². The van der Waals surface area contributed by atoms with Gasteiger partial charge in [-0.1, -0.05) is 29.9 Å². The van der Waals surface area contributed by atoms with Crippen molar-refractivity contribution in [2.24, 2.45) is 5.41 Å². The fourth-order valence-corrected chi connectivity index (χ4v) is 4.62. The number of carbonyl (C=O) groups is 2. The molecule has 0 radical (unpaired) electrons. The molecule has 3 rings (SSSR count). The number of allylic oxidation sites excluding steroid dienone is 3. The van der Waals surface area contributed by atoms with Gasteiger partial charge < -0.3 is 9.47 Å². The molecule has 156 valence electrons. The van der Waals surface area contributed by atoms with Crippen molar-refractivity contribution in [1.82, 2.24) is 0 Å². The van der Waals surface area contributed by atoms with E-state index in [0.717, 1.165) is 49.0 Å². The van der Waals surface area contributed by atoms with Crippen molar-refractivity contribution in [1.29, 1.82) is 0 Å². The SMILES string of the molecule is CC=C(C)[C@@H](CC(=O)OC)c1ccc(OCC2=C[C@]3(CCC2)CCC(=O)C3)cc1. The summed E-state index contributed by atoms with van der Waals surface area (Å²) in [5.74, 6) is 1.03. The van der Waals surface area contributed by atoms with Crippen molar-refractivity contribution in [3.05, 3.63) is 53.1 Å². The Morgan fingerprint density at radius 1 is 1.21 bits per heavy atom. The Balaban J connectivity index is 1.64. The lowest BCUT2D eigenvalue weighted by molar-refractivity contribution is -0.140. The van der Waals surface area contributed by atoms with Crippen LogP contribution < -0.4 is 4.74 Å². The Labute approximate surface area is 174 Å². The molecule has 0 bridgehead atoms. The van der Waals surface area contributed by atoms with Gasteiger partial charge in [0.25, 0.3) is 0 Å². The van der Waals surface area contributed by atoms with Crippen molar-refractivity contribution in [3.63, 3.8) is 0 Å². The average molecular weight is 397 g/mol. The first-order valence-electron chi connectivity index (χ1n) is 10.6.